The Bertz CT molecular complexity index is 337. The van der Waals surface area contributed by atoms with Crippen molar-refractivity contribution in [2.45, 2.75) is 32.4 Å². The van der Waals surface area contributed by atoms with E-state index in [0.29, 0.717) is 19.6 Å². The van der Waals surface area contributed by atoms with Gasteiger partial charge in [0.2, 0.25) is 0 Å². The zero-order valence-corrected chi connectivity index (χ0v) is 12.3. The fraction of sp³-hybridized carbons (Fsp3) is 0.846. The average molecular weight is 288 g/mol. The van der Waals surface area contributed by atoms with Crippen LogP contribution in [0.4, 0.5) is 4.79 Å². The molecule has 0 radical (unpaired) electrons. The summed E-state index contributed by atoms with van der Waals surface area (Å²) in [7, 11) is 1.61. The van der Waals surface area contributed by atoms with Crippen molar-refractivity contribution in [1.29, 1.82) is 0 Å². The Morgan fingerprint density at radius 1 is 1.50 bits per heavy atom. The summed E-state index contributed by atoms with van der Waals surface area (Å²) in [6, 6.07) is -0.688. The molecule has 1 rings (SSSR count). The van der Waals surface area contributed by atoms with Gasteiger partial charge in [-0.1, -0.05) is 0 Å². The molecule has 0 saturated carbocycles. The largest absolute Gasteiger partial charge is 0.481 e. The molecule has 3 atom stereocenters. The highest BCUT2D eigenvalue weighted by Gasteiger charge is 2.39. The number of urea groups is 1. The third-order valence-electron chi connectivity index (χ3n) is 3.49. The number of carboxylic acids is 1. The number of carboxylic acid groups (broad SMARTS) is 1. The Labute approximate surface area is 119 Å². The van der Waals surface area contributed by atoms with Gasteiger partial charge in [-0.3, -0.25) is 4.79 Å². The number of hydrogen-bond acceptors (Lipinski definition) is 4. The first kappa shape index (κ1) is 16.7. The van der Waals surface area contributed by atoms with Gasteiger partial charge in [-0.2, -0.15) is 0 Å². The molecular weight excluding hydrogens is 264 g/mol. The summed E-state index contributed by atoms with van der Waals surface area (Å²) in [5.74, 6) is -1.58. The van der Waals surface area contributed by atoms with Crippen molar-refractivity contribution in [2.24, 2.45) is 5.92 Å². The number of methoxy groups -OCH3 is 1. The molecule has 3 unspecified atom stereocenters. The summed E-state index contributed by atoms with van der Waals surface area (Å²) >= 11 is 0. The highest BCUT2D eigenvalue weighted by molar-refractivity contribution is 5.77. The van der Waals surface area contributed by atoms with Crippen LogP contribution in [0.2, 0.25) is 0 Å². The van der Waals surface area contributed by atoms with Gasteiger partial charge in [0.05, 0.1) is 19.3 Å². The Balaban J connectivity index is 2.60. The van der Waals surface area contributed by atoms with Crippen LogP contribution in [0.5, 0.6) is 0 Å². The maximum atomic E-state index is 12.2. The fourth-order valence-electron chi connectivity index (χ4n) is 2.28. The predicted octanol–water partition coefficient (Wildman–Crippen LogP) is 0.543. The Morgan fingerprint density at radius 3 is 2.75 bits per heavy atom. The van der Waals surface area contributed by atoms with E-state index in [9.17, 15) is 9.59 Å². The second-order valence-electron chi connectivity index (χ2n) is 4.97. The number of carbonyl (C=O) groups excluding carboxylic acids is 1. The number of carbonyl (C=O) groups is 2. The summed E-state index contributed by atoms with van der Waals surface area (Å²) < 4.78 is 10.2. The number of rotatable bonds is 7. The first-order chi connectivity index (χ1) is 9.51. The van der Waals surface area contributed by atoms with Gasteiger partial charge in [-0.25, -0.2) is 4.79 Å². The maximum Gasteiger partial charge on any atom is 0.317 e. The fourth-order valence-corrected chi connectivity index (χ4v) is 2.28. The Kier molecular flexibility index (Phi) is 6.74. The molecule has 7 nitrogen and oxygen atoms in total. The van der Waals surface area contributed by atoms with Gasteiger partial charge < -0.3 is 24.8 Å². The SMILES string of the molecule is CCN(C(=O)NC(C)CCOC)C1COCC1C(=O)O. The lowest BCUT2D eigenvalue weighted by Gasteiger charge is -2.30. The van der Waals surface area contributed by atoms with E-state index in [0.717, 1.165) is 0 Å². The summed E-state index contributed by atoms with van der Waals surface area (Å²) in [5.41, 5.74) is 0. The number of ether oxygens (including phenoxy) is 2. The molecule has 0 aromatic heterocycles. The van der Waals surface area contributed by atoms with Gasteiger partial charge in [-0.15, -0.1) is 0 Å². The topological polar surface area (TPSA) is 88.1 Å². The van der Waals surface area contributed by atoms with E-state index < -0.39 is 17.9 Å². The van der Waals surface area contributed by atoms with Gasteiger partial charge in [0, 0.05) is 26.3 Å². The third-order valence-corrected chi connectivity index (χ3v) is 3.49. The lowest BCUT2D eigenvalue weighted by Crippen LogP contribution is -2.52. The molecule has 0 aromatic carbocycles. The van der Waals surface area contributed by atoms with Crippen molar-refractivity contribution in [3.05, 3.63) is 0 Å². The molecule has 1 saturated heterocycles. The number of nitrogens with one attached hydrogen (secondary N) is 1. The number of hydrogen-bond donors (Lipinski definition) is 2. The second-order valence-corrected chi connectivity index (χ2v) is 4.97. The highest BCUT2D eigenvalue weighted by atomic mass is 16.5. The van der Waals surface area contributed by atoms with Gasteiger partial charge in [0.15, 0.2) is 0 Å². The van der Waals surface area contributed by atoms with Crippen LogP contribution in [0.3, 0.4) is 0 Å². The van der Waals surface area contributed by atoms with Gasteiger partial charge in [-0.05, 0) is 20.3 Å². The van der Waals surface area contributed by atoms with Gasteiger partial charge in [0.1, 0.15) is 5.92 Å². The molecule has 1 aliphatic heterocycles. The molecule has 116 valence electrons. The molecule has 0 bridgehead atoms. The van der Waals surface area contributed by atoms with E-state index in [1.165, 1.54) is 4.90 Å². The molecule has 0 aromatic rings. The predicted molar refractivity (Wildman–Crippen MR) is 72.6 cm³/mol. The number of amides is 2. The minimum absolute atomic E-state index is 0.0258. The zero-order chi connectivity index (χ0) is 15.1. The Morgan fingerprint density at radius 2 is 2.20 bits per heavy atom. The molecule has 20 heavy (non-hydrogen) atoms. The molecule has 0 aliphatic carbocycles. The monoisotopic (exact) mass is 288 g/mol. The van der Waals surface area contributed by atoms with Crippen LogP contribution < -0.4 is 5.32 Å². The molecule has 0 spiro atoms. The first-order valence-electron chi connectivity index (χ1n) is 6.87. The van der Waals surface area contributed by atoms with Crippen molar-refractivity contribution in [3.8, 4) is 0 Å². The number of nitrogens with zero attached hydrogens (tertiary/aromatic N) is 1. The number of likely N-dealkylation sites (N-methyl/N-ethyl adjacent to an activating group) is 1. The smallest absolute Gasteiger partial charge is 0.317 e. The average Bonchev–Trinajstić information content (AvgIpc) is 2.86. The molecule has 7 heteroatoms. The molecule has 1 heterocycles. The van der Waals surface area contributed by atoms with Crippen LogP contribution in [0.25, 0.3) is 0 Å². The summed E-state index contributed by atoms with van der Waals surface area (Å²) in [6.45, 7) is 5.16. The minimum atomic E-state index is -0.925. The third kappa shape index (κ3) is 4.35. The van der Waals surface area contributed by atoms with Crippen molar-refractivity contribution < 1.29 is 24.2 Å². The van der Waals surface area contributed by atoms with Crippen molar-refractivity contribution >= 4 is 12.0 Å². The van der Waals surface area contributed by atoms with Crippen LogP contribution in [-0.4, -0.2) is 67.6 Å². The number of aliphatic carboxylic acids is 1. The molecule has 2 amide bonds. The molecule has 1 aliphatic rings. The molecular formula is C13H24N2O5. The van der Waals surface area contributed by atoms with Gasteiger partial charge in [0.25, 0.3) is 0 Å². The van der Waals surface area contributed by atoms with Crippen LogP contribution in [0.1, 0.15) is 20.3 Å². The zero-order valence-electron chi connectivity index (χ0n) is 12.3. The van der Waals surface area contributed by atoms with E-state index in [1.807, 2.05) is 13.8 Å². The van der Waals surface area contributed by atoms with Crippen LogP contribution in [-0.2, 0) is 14.3 Å². The summed E-state index contributed by atoms with van der Waals surface area (Å²) in [4.78, 5) is 24.9. The van der Waals surface area contributed by atoms with Crippen LogP contribution in [0.15, 0.2) is 0 Å². The Hall–Kier alpha value is -1.34. The van der Waals surface area contributed by atoms with E-state index in [4.69, 9.17) is 14.6 Å². The van der Waals surface area contributed by atoms with Crippen molar-refractivity contribution in [3.63, 3.8) is 0 Å². The normalized spacial score (nSPS) is 23.4. The maximum absolute atomic E-state index is 12.2. The second kappa shape index (κ2) is 8.06. The van der Waals surface area contributed by atoms with E-state index in [-0.39, 0.29) is 25.3 Å². The standard InChI is InChI=1S/C13H24N2O5/c1-4-15(11-8-20-7-10(11)12(16)17)13(18)14-9(2)5-6-19-3/h9-11H,4-8H2,1-3H3,(H,14,18)(H,16,17). The molecule has 1 fully saturated rings. The summed E-state index contributed by atoms with van der Waals surface area (Å²) in [6.07, 6.45) is 0.712. The van der Waals surface area contributed by atoms with E-state index in [1.54, 1.807) is 7.11 Å². The lowest BCUT2D eigenvalue weighted by atomic mass is 10.0. The lowest BCUT2D eigenvalue weighted by molar-refractivity contribution is -0.142. The van der Waals surface area contributed by atoms with Crippen molar-refractivity contribution in [1.82, 2.24) is 10.2 Å². The van der Waals surface area contributed by atoms with Crippen molar-refractivity contribution in [2.75, 3.05) is 33.5 Å². The highest BCUT2D eigenvalue weighted by Crippen LogP contribution is 2.20. The minimum Gasteiger partial charge on any atom is -0.481 e. The quantitative estimate of drug-likeness (QED) is 0.714. The van der Waals surface area contributed by atoms with E-state index in [2.05, 4.69) is 5.32 Å². The first-order valence-corrected chi connectivity index (χ1v) is 6.87. The summed E-state index contributed by atoms with van der Waals surface area (Å²) in [5, 5.41) is 12.0. The molecule has 2 N–H and O–H groups in total. The van der Waals surface area contributed by atoms with Crippen LogP contribution in [0, 0.1) is 5.92 Å². The van der Waals surface area contributed by atoms with Gasteiger partial charge >= 0.3 is 12.0 Å². The van der Waals surface area contributed by atoms with E-state index >= 15 is 0 Å². The van der Waals surface area contributed by atoms with Crippen LogP contribution >= 0.6 is 0 Å².